The first-order valence-electron chi connectivity index (χ1n) is 5.85. The highest BCUT2D eigenvalue weighted by atomic mass is 79.9. The van der Waals surface area contributed by atoms with Gasteiger partial charge in [0.2, 0.25) is 0 Å². The van der Waals surface area contributed by atoms with Crippen LogP contribution in [0.4, 0.5) is 10.1 Å². The third-order valence-corrected chi connectivity index (χ3v) is 3.18. The normalized spacial score (nSPS) is 11.4. The molecule has 104 valence electrons. The molecule has 0 saturated heterocycles. The minimum Gasteiger partial charge on any atom is -0.409 e. The SMILES string of the molecule is N/C(=N/O)c1cc(F)cc(CNc2cccc(Br)c2)c1. The quantitative estimate of drug-likeness (QED) is 0.347. The molecule has 2 aromatic carbocycles. The first kappa shape index (κ1) is 14.3. The van der Waals surface area contributed by atoms with Crippen LogP contribution in [0.2, 0.25) is 0 Å². The van der Waals surface area contributed by atoms with Gasteiger partial charge in [-0.25, -0.2) is 4.39 Å². The van der Waals surface area contributed by atoms with Gasteiger partial charge >= 0.3 is 0 Å². The number of halogens is 2. The van der Waals surface area contributed by atoms with Crippen molar-refractivity contribution in [3.05, 3.63) is 63.9 Å². The Morgan fingerprint density at radius 2 is 2.10 bits per heavy atom. The molecule has 0 aliphatic rings. The van der Waals surface area contributed by atoms with E-state index < -0.39 is 5.82 Å². The second-order valence-corrected chi connectivity index (χ2v) is 5.11. The Morgan fingerprint density at radius 3 is 2.80 bits per heavy atom. The maximum Gasteiger partial charge on any atom is 0.170 e. The van der Waals surface area contributed by atoms with Crippen LogP contribution in [-0.2, 0) is 6.54 Å². The number of nitrogens with two attached hydrogens (primary N) is 1. The Labute approximate surface area is 124 Å². The van der Waals surface area contributed by atoms with Crippen LogP contribution in [0.15, 0.2) is 52.1 Å². The van der Waals surface area contributed by atoms with E-state index in [9.17, 15) is 4.39 Å². The maximum absolute atomic E-state index is 13.5. The van der Waals surface area contributed by atoms with Crippen LogP contribution in [0.5, 0.6) is 0 Å². The van der Waals surface area contributed by atoms with Crippen molar-refractivity contribution in [2.24, 2.45) is 10.9 Å². The lowest BCUT2D eigenvalue weighted by Gasteiger charge is -2.09. The molecule has 0 bridgehead atoms. The predicted octanol–water partition coefficient (Wildman–Crippen LogP) is 3.29. The molecule has 0 fully saturated rings. The van der Waals surface area contributed by atoms with Gasteiger partial charge in [-0.05, 0) is 42.0 Å². The van der Waals surface area contributed by atoms with Crippen LogP contribution in [-0.4, -0.2) is 11.0 Å². The van der Waals surface area contributed by atoms with Gasteiger partial charge in [-0.3, -0.25) is 0 Å². The van der Waals surface area contributed by atoms with E-state index >= 15 is 0 Å². The van der Waals surface area contributed by atoms with Gasteiger partial charge in [-0.15, -0.1) is 0 Å². The number of anilines is 1. The number of rotatable bonds is 4. The summed E-state index contributed by atoms with van der Waals surface area (Å²) in [6, 6.07) is 11.9. The molecule has 20 heavy (non-hydrogen) atoms. The Bertz CT molecular complexity index is 646. The number of nitrogens with zero attached hydrogens (tertiary/aromatic N) is 1. The molecule has 0 aliphatic heterocycles. The fourth-order valence-electron chi connectivity index (χ4n) is 1.76. The van der Waals surface area contributed by atoms with Crippen LogP contribution in [0.25, 0.3) is 0 Å². The van der Waals surface area contributed by atoms with Crippen molar-refractivity contribution >= 4 is 27.5 Å². The van der Waals surface area contributed by atoms with Gasteiger partial charge in [0, 0.05) is 22.3 Å². The van der Waals surface area contributed by atoms with Gasteiger partial charge in [-0.2, -0.15) is 0 Å². The Hall–Kier alpha value is -2.08. The molecule has 0 atom stereocenters. The largest absolute Gasteiger partial charge is 0.409 e. The minimum absolute atomic E-state index is 0.117. The molecule has 0 unspecified atom stereocenters. The Kier molecular flexibility index (Phi) is 4.57. The number of hydrogen-bond acceptors (Lipinski definition) is 3. The van der Waals surface area contributed by atoms with Crippen LogP contribution in [0.3, 0.4) is 0 Å². The van der Waals surface area contributed by atoms with Crippen molar-refractivity contribution in [1.29, 1.82) is 0 Å². The van der Waals surface area contributed by atoms with E-state index in [0.717, 1.165) is 10.2 Å². The summed E-state index contributed by atoms with van der Waals surface area (Å²) < 4.78 is 14.4. The fraction of sp³-hybridized carbons (Fsp3) is 0.0714. The van der Waals surface area contributed by atoms with Gasteiger partial charge in [0.05, 0.1) is 0 Å². The monoisotopic (exact) mass is 337 g/mol. The second kappa shape index (κ2) is 6.38. The first-order valence-corrected chi connectivity index (χ1v) is 6.64. The fourth-order valence-corrected chi connectivity index (χ4v) is 2.16. The summed E-state index contributed by atoms with van der Waals surface area (Å²) in [6.45, 7) is 0.430. The van der Waals surface area contributed by atoms with Crippen LogP contribution in [0.1, 0.15) is 11.1 Å². The van der Waals surface area contributed by atoms with Crippen molar-refractivity contribution in [2.45, 2.75) is 6.54 Å². The molecule has 0 amide bonds. The highest BCUT2D eigenvalue weighted by Crippen LogP contribution is 2.17. The Balaban J connectivity index is 2.15. The molecular weight excluding hydrogens is 325 g/mol. The number of hydrogen-bond donors (Lipinski definition) is 3. The van der Waals surface area contributed by atoms with Crippen molar-refractivity contribution in [3.8, 4) is 0 Å². The van der Waals surface area contributed by atoms with E-state index in [4.69, 9.17) is 10.9 Å². The van der Waals surface area contributed by atoms with Gasteiger partial charge in [-0.1, -0.05) is 27.2 Å². The van der Waals surface area contributed by atoms with Gasteiger partial charge in [0.1, 0.15) is 5.82 Å². The molecule has 0 aliphatic carbocycles. The molecule has 4 N–H and O–H groups in total. The molecule has 0 spiro atoms. The minimum atomic E-state index is -0.430. The number of oxime groups is 1. The highest BCUT2D eigenvalue weighted by molar-refractivity contribution is 9.10. The summed E-state index contributed by atoms with van der Waals surface area (Å²) in [5, 5.41) is 14.7. The van der Waals surface area contributed by atoms with Crippen molar-refractivity contribution < 1.29 is 9.60 Å². The van der Waals surface area contributed by atoms with Crippen molar-refractivity contribution in [3.63, 3.8) is 0 Å². The van der Waals surface area contributed by atoms with E-state index in [1.165, 1.54) is 12.1 Å². The molecule has 2 aromatic rings. The lowest BCUT2D eigenvalue weighted by Crippen LogP contribution is -2.14. The topological polar surface area (TPSA) is 70.6 Å². The second-order valence-electron chi connectivity index (χ2n) is 4.20. The van der Waals surface area contributed by atoms with Crippen molar-refractivity contribution in [2.75, 3.05) is 5.32 Å². The highest BCUT2D eigenvalue weighted by Gasteiger charge is 2.05. The van der Waals surface area contributed by atoms with Crippen LogP contribution < -0.4 is 11.1 Å². The van der Waals surface area contributed by atoms with Gasteiger partial charge in [0.15, 0.2) is 5.84 Å². The van der Waals surface area contributed by atoms with Crippen molar-refractivity contribution in [1.82, 2.24) is 0 Å². The van der Waals surface area contributed by atoms with E-state index in [-0.39, 0.29) is 5.84 Å². The van der Waals surface area contributed by atoms with Crippen LogP contribution >= 0.6 is 15.9 Å². The zero-order chi connectivity index (χ0) is 14.5. The van der Waals surface area contributed by atoms with Crippen LogP contribution in [0, 0.1) is 5.82 Å². The Morgan fingerprint density at radius 1 is 1.30 bits per heavy atom. The summed E-state index contributed by atoms with van der Waals surface area (Å²) in [7, 11) is 0. The van der Waals surface area contributed by atoms with E-state index in [0.29, 0.717) is 17.7 Å². The maximum atomic E-state index is 13.5. The predicted molar refractivity (Wildman–Crippen MR) is 80.4 cm³/mol. The molecule has 4 nitrogen and oxygen atoms in total. The van der Waals surface area contributed by atoms with E-state index in [2.05, 4.69) is 26.4 Å². The average molecular weight is 338 g/mol. The standard InChI is InChI=1S/C14H13BrFN3O/c15-11-2-1-3-13(7-11)18-8-9-4-10(14(17)19-20)6-12(16)5-9/h1-7,18,20H,8H2,(H2,17,19). The summed E-state index contributed by atoms with van der Waals surface area (Å²) in [5.74, 6) is -0.548. The summed E-state index contributed by atoms with van der Waals surface area (Å²) in [4.78, 5) is 0. The van der Waals surface area contributed by atoms with Gasteiger partial charge in [0.25, 0.3) is 0 Å². The molecule has 0 heterocycles. The molecule has 6 heteroatoms. The molecule has 0 saturated carbocycles. The smallest absolute Gasteiger partial charge is 0.170 e. The molecule has 2 rings (SSSR count). The summed E-state index contributed by atoms with van der Waals surface area (Å²) >= 11 is 3.38. The van der Waals surface area contributed by atoms with Gasteiger partial charge < -0.3 is 16.3 Å². The summed E-state index contributed by atoms with van der Waals surface area (Å²) in [6.07, 6.45) is 0. The lowest BCUT2D eigenvalue weighted by atomic mass is 10.1. The zero-order valence-electron chi connectivity index (χ0n) is 10.5. The third-order valence-electron chi connectivity index (χ3n) is 2.68. The average Bonchev–Trinajstić information content (AvgIpc) is 2.44. The number of nitrogens with one attached hydrogen (secondary N) is 1. The summed E-state index contributed by atoms with van der Waals surface area (Å²) in [5.41, 5.74) is 7.42. The number of benzene rings is 2. The van der Waals surface area contributed by atoms with E-state index in [1.807, 2.05) is 24.3 Å². The molecular formula is C14H13BrFN3O. The van der Waals surface area contributed by atoms with E-state index in [1.54, 1.807) is 6.07 Å². The first-order chi connectivity index (χ1) is 9.58. The molecule has 0 radical (unpaired) electrons. The third kappa shape index (κ3) is 3.71. The zero-order valence-corrected chi connectivity index (χ0v) is 12.1. The lowest BCUT2D eigenvalue weighted by molar-refractivity contribution is 0.318. The number of amidine groups is 1. The molecule has 0 aromatic heterocycles.